The van der Waals surface area contributed by atoms with E-state index >= 15 is 0 Å². The molecule has 0 spiro atoms. The van der Waals surface area contributed by atoms with Crippen molar-refractivity contribution in [3.63, 3.8) is 0 Å². The fourth-order valence-electron chi connectivity index (χ4n) is 3.73. The lowest BCUT2D eigenvalue weighted by Gasteiger charge is -2.38. The molecule has 0 aromatic carbocycles. The minimum atomic E-state index is -0.677. The van der Waals surface area contributed by atoms with Crippen molar-refractivity contribution in [3.8, 4) is 0 Å². The minimum Gasteiger partial charge on any atom is -0.509 e. The molecule has 0 bridgehead atoms. The van der Waals surface area contributed by atoms with Crippen molar-refractivity contribution in [1.29, 1.82) is 0 Å². The van der Waals surface area contributed by atoms with Crippen LogP contribution >= 0.6 is 0 Å². The summed E-state index contributed by atoms with van der Waals surface area (Å²) < 4.78 is 0. The standard InChI is InChI=1S/C19H29NO2/c1-8-11(2)13-9-12(3)15(18(4,5)10-13)14-16(21)19(6,7)20-17(14)22/h9-11,15,21H,8H2,1-7H3,(H,20,22). The molecular weight excluding hydrogens is 274 g/mol. The zero-order valence-electron chi connectivity index (χ0n) is 14.9. The average molecular weight is 303 g/mol. The van der Waals surface area contributed by atoms with E-state index in [1.165, 1.54) is 5.57 Å². The first-order chi connectivity index (χ1) is 10.0. The van der Waals surface area contributed by atoms with Gasteiger partial charge in [-0.15, -0.1) is 0 Å². The minimum absolute atomic E-state index is 0.0814. The van der Waals surface area contributed by atoms with Gasteiger partial charge in [0.2, 0.25) is 0 Å². The Kier molecular flexibility index (Phi) is 4.05. The molecule has 0 radical (unpaired) electrons. The summed E-state index contributed by atoms with van der Waals surface area (Å²) >= 11 is 0. The van der Waals surface area contributed by atoms with Crippen LogP contribution in [0, 0.1) is 17.3 Å². The van der Waals surface area contributed by atoms with E-state index < -0.39 is 5.54 Å². The Morgan fingerprint density at radius 2 is 1.91 bits per heavy atom. The predicted molar refractivity (Wildman–Crippen MR) is 90.4 cm³/mol. The van der Waals surface area contributed by atoms with Crippen molar-refractivity contribution in [3.05, 3.63) is 34.6 Å². The molecule has 1 amide bonds. The molecule has 0 aromatic rings. The second-order valence-electron chi connectivity index (χ2n) is 7.94. The summed E-state index contributed by atoms with van der Waals surface area (Å²) in [6.45, 7) is 14.5. The van der Waals surface area contributed by atoms with Crippen LogP contribution in [0.4, 0.5) is 0 Å². The second-order valence-corrected chi connectivity index (χ2v) is 7.94. The molecule has 1 aliphatic carbocycles. The van der Waals surface area contributed by atoms with Gasteiger partial charge in [0.25, 0.3) is 5.91 Å². The van der Waals surface area contributed by atoms with Crippen LogP contribution in [0.1, 0.15) is 54.9 Å². The Bertz CT molecular complexity index is 591. The number of carbonyl (C=O) groups is 1. The molecule has 2 atom stereocenters. The van der Waals surface area contributed by atoms with Crippen LogP contribution in [0.3, 0.4) is 0 Å². The number of amides is 1. The largest absolute Gasteiger partial charge is 0.509 e. The summed E-state index contributed by atoms with van der Waals surface area (Å²) in [5.74, 6) is 0.464. The van der Waals surface area contributed by atoms with Crippen LogP contribution in [0.15, 0.2) is 34.6 Å². The lowest BCUT2D eigenvalue weighted by atomic mass is 9.65. The predicted octanol–water partition coefficient (Wildman–Crippen LogP) is 4.28. The molecule has 2 N–H and O–H groups in total. The van der Waals surface area contributed by atoms with E-state index in [2.05, 4.69) is 52.1 Å². The van der Waals surface area contributed by atoms with Gasteiger partial charge in [-0.25, -0.2) is 0 Å². The van der Waals surface area contributed by atoms with E-state index in [0.717, 1.165) is 12.0 Å². The fraction of sp³-hybridized carbons (Fsp3) is 0.632. The van der Waals surface area contributed by atoms with Crippen molar-refractivity contribution in [2.75, 3.05) is 0 Å². The van der Waals surface area contributed by atoms with E-state index in [0.29, 0.717) is 11.5 Å². The first-order valence-corrected chi connectivity index (χ1v) is 8.18. The third-order valence-electron chi connectivity index (χ3n) is 5.12. The monoisotopic (exact) mass is 303 g/mol. The molecule has 0 saturated carbocycles. The fourth-order valence-corrected chi connectivity index (χ4v) is 3.73. The lowest BCUT2D eigenvalue weighted by Crippen LogP contribution is -2.38. The Hall–Kier alpha value is -1.51. The van der Waals surface area contributed by atoms with Gasteiger partial charge in [0.1, 0.15) is 5.76 Å². The maximum Gasteiger partial charge on any atom is 0.252 e. The summed E-state index contributed by atoms with van der Waals surface area (Å²) in [6, 6.07) is 0. The van der Waals surface area contributed by atoms with Crippen molar-refractivity contribution >= 4 is 5.91 Å². The zero-order chi connectivity index (χ0) is 16.9. The van der Waals surface area contributed by atoms with Gasteiger partial charge in [-0.2, -0.15) is 0 Å². The number of hydrogen-bond acceptors (Lipinski definition) is 2. The molecule has 3 nitrogen and oxygen atoms in total. The van der Waals surface area contributed by atoms with Gasteiger partial charge in [-0.3, -0.25) is 4.79 Å². The molecule has 3 heteroatoms. The van der Waals surface area contributed by atoms with Crippen LogP contribution in [0.5, 0.6) is 0 Å². The quantitative estimate of drug-likeness (QED) is 0.817. The van der Waals surface area contributed by atoms with Gasteiger partial charge < -0.3 is 10.4 Å². The number of aliphatic hydroxyl groups excluding tert-OH is 1. The van der Waals surface area contributed by atoms with Crippen molar-refractivity contribution < 1.29 is 9.90 Å². The van der Waals surface area contributed by atoms with Crippen LogP contribution in [-0.4, -0.2) is 16.6 Å². The van der Waals surface area contributed by atoms with Crippen LogP contribution in [0.2, 0.25) is 0 Å². The highest BCUT2D eigenvalue weighted by Gasteiger charge is 2.46. The third kappa shape index (κ3) is 2.62. The van der Waals surface area contributed by atoms with Gasteiger partial charge >= 0.3 is 0 Å². The van der Waals surface area contributed by atoms with E-state index in [1.807, 2.05) is 13.8 Å². The molecule has 22 heavy (non-hydrogen) atoms. The molecule has 1 aliphatic heterocycles. The Labute approximate surface area is 134 Å². The average Bonchev–Trinajstić information content (AvgIpc) is 2.58. The molecule has 2 aliphatic rings. The Morgan fingerprint density at radius 1 is 1.32 bits per heavy atom. The highest BCUT2D eigenvalue weighted by molar-refractivity contribution is 5.99. The molecule has 122 valence electrons. The number of carbonyl (C=O) groups excluding carboxylic acids is 1. The molecule has 0 fully saturated rings. The van der Waals surface area contributed by atoms with E-state index in [1.54, 1.807) is 0 Å². The number of allylic oxidation sites excluding steroid dienone is 4. The smallest absolute Gasteiger partial charge is 0.252 e. The number of hydrogen-bond donors (Lipinski definition) is 2. The SMILES string of the molecule is CCC(C)C1=CC(C)(C)C(C2=C(O)C(C)(C)NC2=O)C(C)=C1. The van der Waals surface area contributed by atoms with E-state index in [4.69, 9.17) is 0 Å². The third-order valence-corrected chi connectivity index (χ3v) is 5.12. The molecule has 2 rings (SSSR count). The van der Waals surface area contributed by atoms with Gasteiger partial charge in [0.05, 0.1) is 11.1 Å². The molecular formula is C19H29NO2. The van der Waals surface area contributed by atoms with Crippen LogP contribution < -0.4 is 5.32 Å². The topological polar surface area (TPSA) is 49.3 Å². The summed E-state index contributed by atoms with van der Waals surface area (Å²) in [4.78, 5) is 12.4. The zero-order valence-corrected chi connectivity index (χ0v) is 14.9. The first-order valence-electron chi connectivity index (χ1n) is 8.18. The molecule has 0 aromatic heterocycles. The Balaban J connectivity index is 2.51. The normalized spacial score (nSPS) is 28.1. The van der Waals surface area contributed by atoms with E-state index in [-0.39, 0.29) is 23.0 Å². The van der Waals surface area contributed by atoms with Crippen LogP contribution in [-0.2, 0) is 4.79 Å². The summed E-state index contributed by atoms with van der Waals surface area (Å²) in [5, 5.41) is 13.4. The first kappa shape index (κ1) is 16.9. The highest BCUT2D eigenvalue weighted by atomic mass is 16.3. The molecule has 2 unspecified atom stereocenters. The summed E-state index contributed by atoms with van der Waals surface area (Å²) in [5.41, 5.74) is 2.14. The number of nitrogens with one attached hydrogen (secondary N) is 1. The van der Waals surface area contributed by atoms with Crippen molar-refractivity contribution in [1.82, 2.24) is 5.32 Å². The van der Waals surface area contributed by atoms with Gasteiger partial charge in [-0.1, -0.05) is 45.4 Å². The lowest BCUT2D eigenvalue weighted by molar-refractivity contribution is -0.118. The second kappa shape index (κ2) is 5.29. The highest BCUT2D eigenvalue weighted by Crippen LogP contribution is 2.47. The molecule has 0 saturated heterocycles. The molecule has 1 heterocycles. The number of rotatable bonds is 3. The summed E-state index contributed by atoms with van der Waals surface area (Å²) in [7, 11) is 0. The maximum atomic E-state index is 12.4. The van der Waals surface area contributed by atoms with Gasteiger partial charge in [0, 0.05) is 5.92 Å². The van der Waals surface area contributed by atoms with Crippen molar-refractivity contribution in [2.24, 2.45) is 17.3 Å². The van der Waals surface area contributed by atoms with Gasteiger partial charge in [-0.05, 0) is 44.1 Å². The summed E-state index contributed by atoms with van der Waals surface area (Å²) in [6.07, 6.45) is 5.57. The van der Waals surface area contributed by atoms with Crippen LogP contribution in [0.25, 0.3) is 0 Å². The van der Waals surface area contributed by atoms with Crippen molar-refractivity contribution in [2.45, 2.75) is 60.4 Å². The Morgan fingerprint density at radius 3 is 2.32 bits per heavy atom. The maximum absolute atomic E-state index is 12.4. The number of aliphatic hydroxyl groups is 1. The van der Waals surface area contributed by atoms with E-state index in [9.17, 15) is 9.90 Å². The van der Waals surface area contributed by atoms with Gasteiger partial charge in [0.15, 0.2) is 0 Å².